The second-order valence-electron chi connectivity index (χ2n) is 5.13. The molecule has 0 aromatic carbocycles. The molecule has 0 saturated carbocycles. The second-order valence-corrected chi connectivity index (χ2v) is 5.13. The fourth-order valence-corrected chi connectivity index (χ4v) is 1.77. The maximum absolute atomic E-state index is 12.0. The Morgan fingerprint density at radius 2 is 2.19 bits per heavy atom. The third-order valence-electron chi connectivity index (χ3n) is 2.91. The van der Waals surface area contributed by atoms with E-state index in [1.807, 2.05) is 26.8 Å². The van der Waals surface area contributed by atoms with Gasteiger partial charge in [0, 0.05) is 18.4 Å². The third kappa shape index (κ3) is 4.30. The molecule has 0 aliphatic rings. The van der Waals surface area contributed by atoms with E-state index in [1.54, 1.807) is 35.5 Å². The summed E-state index contributed by atoms with van der Waals surface area (Å²) in [7, 11) is 0. The number of pyridine rings is 1. The van der Waals surface area contributed by atoms with E-state index >= 15 is 0 Å². The van der Waals surface area contributed by atoms with Crippen molar-refractivity contribution in [3.05, 3.63) is 42.5 Å². The van der Waals surface area contributed by atoms with E-state index in [-0.39, 0.29) is 18.1 Å². The maximum atomic E-state index is 12.0. The quantitative estimate of drug-likeness (QED) is 0.883. The van der Waals surface area contributed by atoms with E-state index in [0.717, 1.165) is 0 Å². The summed E-state index contributed by atoms with van der Waals surface area (Å²) in [5.41, 5.74) is 0.553. The smallest absolute Gasteiger partial charge is 0.254 e. The molecule has 0 unspecified atom stereocenters. The lowest BCUT2D eigenvalue weighted by Crippen LogP contribution is -2.33. The van der Waals surface area contributed by atoms with Crippen molar-refractivity contribution < 1.29 is 9.53 Å². The minimum Gasteiger partial charge on any atom is -0.487 e. The largest absolute Gasteiger partial charge is 0.487 e. The zero-order valence-electron chi connectivity index (χ0n) is 12.5. The van der Waals surface area contributed by atoms with Gasteiger partial charge in [0.15, 0.2) is 0 Å². The van der Waals surface area contributed by atoms with E-state index in [4.69, 9.17) is 4.74 Å². The van der Waals surface area contributed by atoms with Crippen LogP contribution in [0.2, 0.25) is 0 Å². The van der Waals surface area contributed by atoms with Crippen molar-refractivity contribution in [3.8, 4) is 5.75 Å². The first-order chi connectivity index (χ1) is 10.1. The monoisotopic (exact) mass is 288 g/mol. The lowest BCUT2D eigenvalue weighted by atomic mass is 10.3. The van der Waals surface area contributed by atoms with E-state index in [9.17, 15) is 4.79 Å². The Balaban J connectivity index is 1.83. The number of hydrogen-bond donors (Lipinski definition) is 1. The molecule has 0 bridgehead atoms. The van der Waals surface area contributed by atoms with Gasteiger partial charge in [0.1, 0.15) is 11.9 Å². The highest BCUT2D eigenvalue weighted by Crippen LogP contribution is 2.09. The molecule has 1 N–H and O–H groups in total. The van der Waals surface area contributed by atoms with Gasteiger partial charge in [-0.2, -0.15) is 5.10 Å². The van der Waals surface area contributed by atoms with Gasteiger partial charge in [0.2, 0.25) is 0 Å². The SMILES string of the molecule is CC(C)n1cc(C(=O)NC[C@@H](C)Oc2cccnc2)cn1. The number of aromatic nitrogens is 3. The molecule has 112 valence electrons. The minimum atomic E-state index is -0.150. The number of amides is 1. The molecule has 1 amide bonds. The van der Waals surface area contributed by atoms with Crippen molar-refractivity contribution in [2.45, 2.75) is 32.9 Å². The van der Waals surface area contributed by atoms with Gasteiger partial charge in [0.25, 0.3) is 5.91 Å². The molecule has 0 spiro atoms. The average Bonchev–Trinajstić information content (AvgIpc) is 2.96. The zero-order chi connectivity index (χ0) is 15.2. The second kappa shape index (κ2) is 6.88. The molecule has 2 rings (SSSR count). The molecular weight excluding hydrogens is 268 g/mol. The van der Waals surface area contributed by atoms with Gasteiger partial charge < -0.3 is 10.1 Å². The van der Waals surface area contributed by atoms with Crippen LogP contribution in [0, 0.1) is 0 Å². The predicted molar refractivity (Wildman–Crippen MR) is 79.3 cm³/mol. The summed E-state index contributed by atoms with van der Waals surface area (Å²) in [6.07, 6.45) is 6.50. The molecule has 6 heteroatoms. The Bertz CT molecular complexity index is 580. The van der Waals surface area contributed by atoms with Gasteiger partial charge >= 0.3 is 0 Å². The first kappa shape index (κ1) is 15.0. The number of nitrogens with one attached hydrogen (secondary N) is 1. The average molecular weight is 288 g/mol. The Morgan fingerprint density at radius 3 is 2.81 bits per heavy atom. The van der Waals surface area contributed by atoms with Crippen LogP contribution in [0.1, 0.15) is 37.2 Å². The number of hydrogen-bond acceptors (Lipinski definition) is 4. The van der Waals surface area contributed by atoms with E-state index in [0.29, 0.717) is 17.9 Å². The van der Waals surface area contributed by atoms with Gasteiger partial charge in [-0.05, 0) is 32.9 Å². The Morgan fingerprint density at radius 1 is 1.38 bits per heavy atom. The lowest BCUT2D eigenvalue weighted by Gasteiger charge is -2.14. The molecule has 2 heterocycles. The van der Waals surface area contributed by atoms with Crippen LogP contribution >= 0.6 is 0 Å². The molecule has 0 aliphatic heterocycles. The summed E-state index contributed by atoms with van der Waals surface area (Å²) in [6.45, 7) is 6.34. The van der Waals surface area contributed by atoms with Crippen LogP contribution in [-0.2, 0) is 0 Å². The highest BCUT2D eigenvalue weighted by atomic mass is 16.5. The van der Waals surface area contributed by atoms with E-state index < -0.39 is 0 Å². The van der Waals surface area contributed by atoms with Gasteiger partial charge in [0.05, 0.1) is 24.5 Å². The molecule has 0 aliphatic carbocycles. The summed E-state index contributed by atoms with van der Waals surface area (Å²) in [4.78, 5) is 16.0. The molecule has 2 aromatic rings. The summed E-state index contributed by atoms with van der Waals surface area (Å²) in [6, 6.07) is 3.87. The van der Waals surface area contributed by atoms with Crippen LogP contribution in [0.15, 0.2) is 36.9 Å². The lowest BCUT2D eigenvalue weighted by molar-refractivity contribution is 0.0932. The van der Waals surface area contributed by atoms with Crippen LogP contribution in [0.25, 0.3) is 0 Å². The topological polar surface area (TPSA) is 69.0 Å². The van der Waals surface area contributed by atoms with Crippen molar-refractivity contribution in [2.75, 3.05) is 6.54 Å². The fraction of sp³-hybridized carbons (Fsp3) is 0.400. The molecule has 0 fully saturated rings. The van der Waals surface area contributed by atoms with Crippen molar-refractivity contribution in [1.29, 1.82) is 0 Å². The van der Waals surface area contributed by atoms with Crippen LogP contribution in [0.3, 0.4) is 0 Å². The van der Waals surface area contributed by atoms with Crippen molar-refractivity contribution in [2.24, 2.45) is 0 Å². The number of nitrogens with zero attached hydrogens (tertiary/aromatic N) is 3. The first-order valence-electron chi connectivity index (χ1n) is 6.95. The molecule has 0 saturated heterocycles. The molecule has 2 aromatic heterocycles. The van der Waals surface area contributed by atoms with Gasteiger partial charge in [-0.3, -0.25) is 14.5 Å². The summed E-state index contributed by atoms with van der Waals surface area (Å²) in [5.74, 6) is 0.537. The van der Waals surface area contributed by atoms with Crippen LogP contribution < -0.4 is 10.1 Å². The standard InChI is InChI=1S/C15H20N4O2/c1-11(2)19-10-13(8-18-19)15(20)17-7-12(3)21-14-5-4-6-16-9-14/h4-6,8-12H,7H2,1-3H3,(H,17,20)/t12-/m1/s1. The number of carbonyl (C=O) groups excluding carboxylic acids is 1. The number of ether oxygens (including phenoxy) is 1. The van der Waals surface area contributed by atoms with Crippen LogP contribution in [-0.4, -0.2) is 33.3 Å². The Kier molecular flexibility index (Phi) is 4.92. The summed E-state index contributed by atoms with van der Waals surface area (Å²) >= 11 is 0. The first-order valence-corrected chi connectivity index (χ1v) is 6.95. The third-order valence-corrected chi connectivity index (χ3v) is 2.91. The Labute approximate surface area is 124 Å². The summed E-state index contributed by atoms with van der Waals surface area (Å²) in [5, 5.41) is 6.98. The van der Waals surface area contributed by atoms with Crippen molar-refractivity contribution >= 4 is 5.91 Å². The number of carbonyl (C=O) groups is 1. The molecule has 21 heavy (non-hydrogen) atoms. The fourth-order valence-electron chi connectivity index (χ4n) is 1.77. The predicted octanol–water partition coefficient (Wildman–Crippen LogP) is 2.06. The van der Waals surface area contributed by atoms with Gasteiger partial charge in [-0.25, -0.2) is 0 Å². The molecule has 6 nitrogen and oxygen atoms in total. The molecular formula is C15H20N4O2. The highest BCUT2D eigenvalue weighted by Gasteiger charge is 2.11. The van der Waals surface area contributed by atoms with E-state index in [2.05, 4.69) is 15.4 Å². The van der Waals surface area contributed by atoms with Crippen LogP contribution in [0.4, 0.5) is 0 Å². The van der Waals surface area contributed by atoms with Crippen molar-refractivity contribution in [1.82, 2.24) is 20.1 Å². The molecule has 1 atom stereocenters. The molecule has 0 radical (unpaired) electrons. The number of rotatable bonds is 6. The van der Waals surface area contributed by atoms with Crippen molar-refractivity contribution in [3.63, 3.8) is 0 Å². The maximum Gasteiger partial charge on any atom is 0.254 e. The minimum absolute atomic E-state index is 0.140. The van der Waals surface area contributed by atoms with Crippen LogP contribution in [0.5, 0.6) is 5.75 Å². The Hall–Kier alpha value is -2.37. The van der Waals surface area contributed by atoms with E-state index in [1.165, 1.54) is 0 Å². The van der Waals surface area contributed by atoms with Gasteiger partial charge in [-0.1, -0.05) is 0 Å². The van der Waals surface area contributed by atoms with Gasteiger partial charge in [-0.15, -0.1) is 0 Å². The highest BCUT2D eigenvalue weighted by molar-refractivity contribution is 5.93. The summed E-state index contributed by atoms with van der Waals surface area (Å²) < 4.78 is 7.40. The zero-order valence-corrected chi connectivity index (χ0v) is 12.5. The normalized spacial score (nSPS) is 12.2.